The Kier molecular flexibility index (Phi) is 2.34. The molecule has 1 N–H and O–H groups in total. The van der Waals surface area contributed by atoms with Crippen molar-refractivity contribution in [2.45, 2.75) is 37.5 Å². The van der Waals surface area contributed by atoms with E-state index in [1.165, 1.54) is 34.9 Å². The van der Waals surface area contributed by atoms with Crippen LogP contribution in [0.3, 0.4) is 0 Å². The molecule has 0 unspecified atom stereocenters. The first kappa shape index (κ1) is 9.81. The van der Waals surface area contributed by atoms with Gasteiger partial charge in [-0.3, -0.25) is 0 Å². The lowest BCUT2D eigenvalue weighted by molar-refractivity contribution is 0.866. The first-order valence-corrected chi connectivity index (χ1v) is 6.62. The maximum Gasteiger partial charge on any atom is 0.143 e. The van der Waals surface area contributed by atoms with E-state index < -0.39 is 0 Å². The predicted molar refractivity (Wildman–Crippen MR) is 68.2 cm³/mol. The number of rotatable bonds is 3. The molecule has 2 aliphatic carbocycles. The Hall–Kier alpha value is -0.390. The largest absolute Gasteiger partial charge is 0.372 e. The Morgan fingerprint density at radius 2 is 1.80 bits per heavy atom. The zero-order valence-corrected chi connectivity index (χ0v) is 10.9. The Morgan fingerprint density at radius 3 is 2.33 bits per heavy atom. The Balaban J connectivity index is 2.06. The molecule has 0 radical (unpaired) electrons. The van der Waals surface area contributed by atoms with Crippen molar-refractivity contribution in [1.82, 2.24) is 9.97 Å². The van der Waals surface area contributed by atoms with Gasteiger partial charge in [0.25, 0.3) is 0 Å². The topological polar surface area (TPSA) is 37.8 Å². The van der Waals surface area contributed by atoms with Crippen molar-refractivity contribution in [2.75, 3.05) is 12.4 Å². The third kappa shape index (κ3) is 1.84. The summed E-state index contributed by atoms with van der Waals surface area (Å²) in [6.45, 7) is 0. The zero-order chi connectivity index (χ0) is 10.4. The fourth-order valence-electron chi connectivity index (χ4n) is 1.80. The van der Waals surface area contributed by atoms with E-state index in [1.54, 1.807) is 0 Å². The highest BCUT2D eigenvalue weighted by Crippen LogP contribution is 2.45. The number of nitrogens with zero attached hydrogens (tertiary/aromatic N) is 2. The second-order valence-electron chi connectivity index (χ2n) is 4.43. The lowest BCUT2D eigenvalue weighted by Crippen LogP contribution is -2.06. The third-order valence-electron chi connectivity index (χ3n) is 3.04. The summed E-state index contributed by atoms with van der Waals surface area (Å²) in [5.41, 5.74) is 1.29. The Labute approximate surface area is 103 Å². The van der Waals surface area contributed by atoms with Gasteiger partial charge in [0, 0.05) is 18.9 Å². The highest BCUT2D eigenvalue weighted by atomic mass is 127. The maximum atomic E-state index is 4.75. The van der Waals surface area contributed by atoms with Crippen molar-refractivity contribution < 1.29 is 0 Å². The average molecular weight is 315 g/mol. The molecule has 2 fully saturated rings. The highest BCUT2D eigenvalue weighted by Gasteiger charge is 2.33. The summed E-state index contributed by atoms with van der Waals surface area (Å²) < 4.78 is 1.22. The summed E-state index contributed by atoms with van der Waals surface area (Å²) in [5, 5.41) is 3.18. The summed E-state index contributed by atoms with van der Waals surface area (Å²) in [4.78, 5) is 9.34. The summed E-state index contributed by atoms with van der Waals surface area (Å²) >= 11 is 2.37. The van der Waals surface area contributed by atoms with Crippen LogP contribution >= 0.6 is 22.6 Å². The van der Waals surface area contributed by atoms with E-state index in [0.29, 0.717) is 11.8 Å². The van der Waals surface area contributed by atoms with Gasteiger partial charge in [-0.1, -0.05) is 0 Å². The van der Waals surface area contributed by atoms with Crippen molar-refractivity contribution in [3.63, 3.8) is 0 Å². The van der Waals surface area contributed by atoms with E-state index >= 15 is 0 Å². The molecule has 0 atom stereocenters. The smallest absolute Gasteiger partial charge is 0.143 e. The summed E-state index contributed by atoms with van der Waals surface area (Å²) in [5.74, 6) is 3.45. The summed E-state index contributed by atoms with van der Waals surface area (Å²) in [7, 11) is 1.94. The number of nitrogens with one attached hydrogen (secondary N) is 1. The molecule has 2 aliphatic rings. The minimum atomic E-state index is 0.645. The molecule has 3 rings (SSSR count). The van der Waals surface area contributed by atoms with Crippen LogP contribution in [0.5, 0.6) is 0 Å². The second-order valence-corrected chi connectivity index (χ2v) is 5.51. The average Bonchev–Trinajstić information content (AvgIpc) is 3.09. The molecule has 0 amide bonds. The van der Waals surface area contributed by atoms with Gasteiger partial charge in [0.1, 0.15) is 11.6 Å². The van der Waals surface area contributed by atoms with Gasteiger partial charge in [-0.2, -0.15) is 0 Å². The van der Waals surface area contributed by atoms with Crippen LogP contribution in [0.2, 0.25) is 0 Å². The van der Waals surface area contributed by atoms with Crippen LogP contribution in [-0.2, 0) is 0 Å². The van der Waals surface area contributed by atoms with E-state index in [4.69, 9.17) is 4.98 Å². The van der Waals surface area contributed by atoms with E-state index in [1.807, 2.05) is 7.05 Å². The molecule has 0 aliphatic heterocycles. The molecule has 15 heavy (non-hydrogen) atoms. The molecule has 3 nitrogen and oxygen atoms in total. The number of hydrogen-bond acceptors (Lipinski definition) is 3. The number of halogens is 1. The lowest BCUT2D eigenvalue weighted by Gasteiger charge is -2.09. The number of hydrogen-bond donors (Lipinski definition) is 1. The number of aromatic nitrogens is 2. The molecular formula is C11H14IN3. The highest BCUT2D eigenvalue weighted by molar-refractivity contribution is 14.1. The molecule has 0 saturated heterocycles. The van der Waals surface area contributed by atoms with Gasteiger partial charge in [-0.05, 0) is 48.3 Å². The SMILES string of the molecule is CNc1nc(C2CC2)nc(C2CC2)c1I. The molecule has 4 heteroatoms. The van der Waals surface area contributed by atoms with Gasteiger partial charge in [0.2, 0.25) is 0 Å². The predicted octanol–water partition coefficient (Wildman–Crippen LogP) is 2.88. The van der Waals surface area contributed by atoms with Crippen LogP contribution in [0.15, 0.2) is 0 Å². The van der Waals surface area contributed by atoms with Crippen molar-refractivity contribution in [2.24, 2.45) is 0 Å². The van der Waals surface area contributed by atoms with Crippen LogP contribution in [0.25, 0.3) is 0 Å². The van der Waals surface area contributed by atoms with Crippen LogP contribution in [-0.4, -0.2) is 17.0 Å². The van der Waals surface area contributed by atoms with Crippen molar-refractivity contribution in [3.05, 3.63) is 15.1 Å². The third-order valence-corrected chi connectivity index (χ3v) is 4.10. The molecule has 0 bridgehead atoms. The van der Waals surface area contributed by atoms with E-state index in [0.717, 1.165) is 11.6 Å². The van der Waals surface area contributed by atoms with Crippen molar-refractivity contribution in [1.29, 1.82) is 0 Å². The summed E-state index contributed by atoms with van der Waals surface area (Å²) in [6, 6.07) is 0. The zero-order valence-electron chi connectivity index (χ0n) is 8.76. The Morgan fingerprint density at radius 1 is 1.13 bits per heavy atom. The fourth-order valence-corrected chi connectivity index (χ4v) is 2.75. The quantitative estimate of drug-likeness (QED) is 0.872. The second kappa shape index (κ2) is 3.57. The van der Waals surface area contributed by atoms with E-state index in [-0.39, 0.29) is 0 Å². The lowest BCUT2D eigenvalue weighted by atomic mass is 10.2. The minimum absolute atomic E-state index is 0.645. The molecule has 0 spiro atoms. The van der Waals surface area contributed by atoms with Crippen molar-refractivity contribution >= 4 is 28.4 Å². The number of anilines is 1. The first-order valence-electron chi connectivity index (χ1n) is 5.54. The van der Waals surface area contributed by atoms with E-state index in [2.05, 4.69) is 32.9 Å². The molecule has 0 aromatic carbocycles. The van der Waals surface area contributed by atoms with Crippen LogP contribution in [0, 0.1) is 3.57 Å². The standard InChI is InChI=1S/C11H14IN3/c1-13-11-8(12)9(6-2-3-6)14-10(15-11)7-4-5-7/h6-7H,2-5H2,1H3,(H,13,14,15). The monoisotopic (exact) mass is 315 g/mol. The normalized spacial score (nSPS) is 20.4. The molecular weight excluding hydrogens is 301 g/mol. The summed E-state index contributed by atoms with van der Waals surface area (Å²) in [6.07, 6.45) is 5.16. The van der Waals surface area contributed by atoms with Gasteiger partial charge >= 0.3 is 0 Å². The Bertz CT molecular complexity index is 397. The molecule has 1 aromatic heterocycles. The van der Waals surface area contributed by atoms with Crippen LogP contribution in [0.4, 0.5) is 5.82 Å². The van der Waals surface area contributed by atoms with E-state index in [9.17, 15) is 0 Å². The van der Waals surface area contributed by atoms with Crippen LogP contribution in [0.1, 0.15) is 49.0 Å². The van der Waals surface area contributed by atoms with Gasteiger partial charge in [0.15, 0.2) is 0 Å². The minimum Gasteiger partial charge on any atom is -0.372 e. The van der Waals surface area contributed by atoms with Crippen molar-refractivity contribution in [3.8, 4) is 0 Å². The maximum absolute atomic E-state index is 4.75. The van der Waals surface area contributed by atoms with Gasteiger partial charge in [-0.15, -0.1) is 0 Å². The van der Waals surface area contributed by atoms with Crippen LogP contribution < -0.4 is 5.32 Å². The molecule has 80 valence electrons. The van der Waals surface area contributed by atoms with Gasteiger partial charge in [0.05, 0.1) is 9.26 Å². The first-order chi connectivity index (χ1) is 7.29. The molecule has 1 aromatic rings. The molecule has 1 heterocycles. The van der Waals surface area contributed by atoms with Gasteiger partial charge < -0.3 is 5.32 Å². The molecule has 2 saturated carbocycles. The fraction of sp³-hybridized carbons (Fsp3) is 0.636. The van der Waals surface area contributed by atoms with Gasteiger partial charge in [-0.25, -0.2) is 9.97 Å².